The Morgan fingerprint density at radius 2 is 1.58 bits per heavy atom. The third-order valence-corrected chi connectivity index (χ3v) is 7.06. The predicted octanol–water partition coefficient (Wildman–Crippen LogP) is 5.85. The number of sulfonamides is 1. The molecule has 0 bridgehead atoms. The number of halogens is 4. The number of fused-ring (bicyclic) bond motifs is 1. The van der Waals surface area contributed by atoms with E-state index in [0.29, 0.717) is 10.6 Å². The van der Waals surface area contributed by atoms with Crippen molar-refractivity contribution in [3.05, 3.63) is 106 Å². The number of allylic oxidation sites excluding steroid dienone is 1. The highest BCUT2D eigenvalue weighted by atomic mass is 35.5. The fourth-order valence-electron chi connectivity index (χ4n) is 3.45. The van der Waals surface area contributed by atoms with E-state index in [9.17, 15) is 26.4 Å². The van der Waals surface area contributed by atoms with Crippen molar-refractivity contribution in [3.63, 3.8) is 0 Å². The maximum atomic E-state index is 13.4. The predicted molar refractivity (Wildman–Crippen MR) is 120 cm³/mol. The van der Waals surface area contributed by atoms with Crippen LogP contribution in [0.5, 0.6) is 0 Å². The number of carbonyl (C=O) groups is 1. The van der Waals surface area contributed by atoms with E-state index < -0.39 is 32.5 Å². The first-order valence-corrected chi connectivity index (χ1v) is 11.4. The van der Waals surface area contributed by atoms with Crippen molar-refractivity contribution in [1.29, 1.82) is 0 Å². The Morgan fingerprint density at radius 1 is 0.939 bits per heavy atom. The molecule has 170 valence electrons. The van der Waals surface area contributed by atoms with Crippen LogP contribution in [0, 0.1) is 0 Å². The lowest BCUT2D eigenvalue weighted by Gasteiger charge is -2.31. The number of para-hydroxylation sites is 2. The van der Waals surface area contributed by atoms with Crippen molar-refractivity contribution >= 4 is 38.8 Å². The zero-order chi connectivity index (χ0) is 23.8. The summed E-state index contributed by atoms with van der Waals surface area (Å²) in [6.07, 6.45) is -3.85. The number of benzene rings is 3. The first kappa shape index (κ1) is 22.9. The molecule has 1 aliphatic heterocycles. The summed E-state index contributed by atoms with van der Waals surface area (Å²) in [5.74, 6) is -0.810. The van der Waals surface area contributed by atoms with Crippen LogP contribution in [-0.4, -0.2) is 14.2 Å². The molecule has 0 atom stereocenters. The van der Waals surface area contributed by atoms with Crippen molar-refractivity contribution in [2.24, 2.45) is 0 Å². The van der Waals surface area contributed by atoms with Gasteiger partial charge in [-0.1, -0.05) is 48.0 Å². The quantitative estimate of drug-likeness (QED) is 0.464. The molecule has 0 saturated carbocycles. The summed E-state index contributed by atoms with van der Waals surface area (Å²) >= 11 is 5.90. The fraction of sp³-hybridized carbons (Fsp3) is 0.0870. The number of alkyl halides is 3. The van der Waals surface area contributed by atoms with E-state index in [0.717, 1.165) is 22.6 Å². The van der Waals surface area contributed by atoms with Gasteiger partial charge in [0.05, 0.1) is 23.5 Å². The molecule has 1 N–H and O–H groups in total. The summed E-state index contributed by atoms with van der Waals surface area (Å²) in [6, 6.07) is 17.3. The summed E-state index contributed by atoms with van der Waals surface area (Å²) in [5, 5.41) is 2.85. The van der Waals surface area contributed by atoms with E-state index in [1.54, 1.807) is 36.4 Å². The van der Waals surface area contributed by atoms with Gasteiger partial charge in [-0.3, -0.25) is 9.10 Å². The second-order valence-electron chi connectivity index (χ2n) is 7.18. The molecule has 4 rings (SSSR count). The van der Waals surface area contributed by atoms with Gasteiger partial charge < -0.3 is 5.32 Å². The van der Waals surface area contributed by atoms with Gasteiger partial charge in [-0.25, -0.2) is 8.42 Å². The zero-order valence-electron chi connectivity index (χ0n) is 16.8. The Bertz CT molecular complexity index is 1350. The summed E-state index contributed by atoms with van der Waals surface area (Å²) in [6.45, 7) is -0.0970. The van der Waals surface area contributed by atoms with Crippen LogP contribution in [0.1, 0.15) is 21.5 Å². The van der Waals surface area contributed by atoms with E-state index in [2.05, 4.69) is 5.32 Å². The molecular weight excluding hydrogens is 477 g/mol. The monoisotopic (exact) mass is 492 g/mol. The van der Waals surface area contributed by atoms with Crippen LogP contribution in [0.15, 0.2) is 83.9 Å². The minimum absolute atomic E-state index is 0.0970. The molecule has 0 saturated heterocycles. The number of nitrogens with zero attached hydrogens (tertiary/aromatic N) is 1. The molecule has 10 heteroatoms. The van der Waals surface area contributed by atoms with Crippen LogP contribution in [0.4, 0.5) is 24.5 Å². The van der Waals surface area contributed by atoms with Crippen molar-refractivity contribution in [1.82, 2.24) is 0 Å². The molecule has 0 unspecified atom stereocenters. The zero-order valence-corrected chi connectivity index (χ0v) is 18.4. The number of carbonyl (C=O) groups excluding carboxylic acids is 1. The summed E-state index contributed by atoms with van der Waals surface area (Å²) in [7, 11) is -4.39. The van der Waals surface area contributed by atoms with Crippen LogP contribution in [0.25, 0.3) is 0 Å². The average molecular weight is 493 g/mol. The van der Waals surface area contributed by atoms with Gasteiger partial charge in [-0.15, -0.1) is 0 Å². The van der Waals surface area contributed by atoms with E-state index in [1.165, 1.54) is 24.3 Å². The highest BCUT2D eigenvalue weighted by Gasteiger charge is 2.40. The molecule has 33 heavy (non-hydrogen) atoms. The molecule has 0 fully saturated rings. The van der Waals surface area contributed by atoms with Gasteiger partial charge in [0.1, 0.15) is 0 Å². The smallest absolute Gasteiger partial charge is 0.360 e. The van der Waals surface area contributed by atoms with Crippen LogP contribution in [0.3, 0.4) is 0 Å². The molecule has 1 aliphatic rings. The Balaban J connectivity index is 1.78. The van der Waals surface area contributed by atoms with Gasteiger partial charge in [-0.2, -0.15) is 13.2 Å². The first-order valence-electron chi connectivity index (χ1n) is 9.63. The van der Waals surface area contributed by atoms with Gasteiger partial charge in [0.25, 0.3) is 10.0 Å². The molecule has 0 radical (unpaired) electrons. The second-order valence-corrected chi connectivity index (χ2v) is 9.45. The van der Waals surface area contributed by atoms with Gasteiger partial charge in [0.2, 0.25) is 5.78 Å². The lowest BCUT2D eigenvalue weighted by atomic mass is 10.1. The average Bonchev–Trinajstić information content (AvgIpc) is 2.77. The molecule has 5 nitrogen and oxygen atoms in total. The number of Topliss-reactive ketones (excluding diaryl/α,β-unsaturated/α-hetero) is 1. The number of hydrogen-bond donors (Lipinski definition) is 1. The van der Waals surface area contributed by atoms with Crippen molar-refractivity contribution in [2.75, 3.05) is 9.62 Å². The standard InChI is InChI=1S/C23H16ClF3N2O3S/c24-16-11-9-15(10-12-16)14-29-20-8-4-1-5-17(20)22(30)21(33(29,31)32)13-28-19-7-3-2-6-18(19)23(25,26)27/h1-13,28H,14H2. The van der Waals surface area contributed by atoms with Crippen LogP contribution < -0.4 is 9.62 Å². The lowest BCUT2D eigenvalue weighted by Crippen LogP contribution is -2.39. The molecule has 0 aliphatic carbocycles. The molecule has 3 aromatic rings. The Kier molecular flexibility index (Phi) is 5.94. The Hall–Kier alpha value is -3.30. The maximum Gasteiger partial charge on any atom is 0.418 e. The minimum atomic E-state index is -4.66. The summed E-state index contributed by atoms with van der Waals surface area (Å²) < 4.78 is 67.8. The third kappa shape index (κ3) is 4.46. The Morgan fingerprint density at radius 3 is 2.27 bits per heavy atom. The molecule has 1 heterocycles. The van der Waals surface area contributed by atoms with Crippen LogP contribution >= 0.6 is 11.6 Å². The number of rotatable bonds is 4. The molecule has 0 aromatic heterocycles. The van der Waals surface area contributed by atoms with Crippen molar-refractivity contribution in [3.8, 4) is 0 Å². The molecule has 0 spiro atoms. The van der Waals surface area contributed by atoms with Gasteiger partial charge in [0, 0.05) is 16.8 Å². The van der Waals surface area contributed by atoms with E-state index in [4.69, 9.17) is 11.6 Å². The highest BCUT2D eigenvalue weighted by molar-refractivity contribution is 7.97. The van der Waals surface area contributed by atoms with Gasteiger partial charge in [0.15, 0.2) is 4.91 Å². The van der Waals surface area contributed by atoms with Crippen LogP contribution in [-0.2, 0) is 22.7 Å². The normalized spacial score (nSPS) is 16.5. The summed E-state index contributed by atoms with van der Waals surface area (Å²) in [4.78, 5) is 12.4. The maximum absolute atomic E-state index is 13.4. The fourth-order valence-corrected chi connectivity index (χ4v) is 5.10. The third-order valence-electron chi connectivity index (χ3n) is 5.04. The Labute approximate surface area is 193 Å². The highest BCUT2D eigenvalue weighted by Crippen LogP contribution is 2.38. The van der Waals surface area contributed by atoms with E-state index in [-0.39, 0.29) is 23.5 Å². The SMILES string of the molecule is O=C1C(=CNc2ccccc2C(F)(F)F)S(=O)(=O)N(Cc2ccc(Cl)cc2)c2ccccc21. The van der Waals surface area contributed by atoms with E-state index >= 15 is 0 Å². The van der Waals surface area contributed by atoms with E-state index in [1.807, 2.05) is 0 Å². The van der Waals surface area contributed by atoms with Gasteiger partial charge in [-0.05, 0) is 42.0 Å². The number of hydrogen-bond acceptors (Lipinski definition) is 4. The van der Waals surface area contributed by atoms with Crippen molar-refractivity contribution < 1.29 is 26.4 Å². The van der Waals surface area contributed by atoms with Crippen molar-refractivity contribution in [2.45, 2.75) is 12.7 Å². The van der Waals surface area contributed by atoms with Gasteiger partial charge >= 0.3 is 6.18 Å². The minimum Gasteiger partial charge on any atom is -0.360 e. The summed E-state index contributed by atoms with van der Waals surface area (Å²) in [5.41, 5.74) is -0.435. The molecule has 0 amide bonds. The number of anilines is 2. The first-order chi connectivity index (χ1) is 15.6. The lowest BCUT2D eigenvalue weighted by molar-refractivity contribution is -0.136. The molecular formula is C23H16ClF3N2O3S. The number of ketones is 1. The van der Waals surface area contributed by atoms with Crippen LogP contribution in [0.2, 0.25) is 5.02 Å². The molecule has 3 aromatic carbocycles. The second kappa shape index (κ2) is 8.57. The number of nitrogens with one attached hydrogen (secondary N) is 1. The largest absolute Gasteiger partial charge is 0.418 e. The topological polar surface area (TPSA) is 66.5 Å².